The van der Waals surface area contributed by atoms with E-state index in [0.29, 0.717) is 6.54 Å². The van der Waals surface area contributed by atoms with E-state index >= 15 is 0 Å². The van der Waals surface area contributed by atoms with E-state index in [-0.39, 0.29) is 11.9 Å². The minimum atomic E-state index is -0.00202. The van der Waals surface area contributed by atoms with E-state index < -0.39 is 0 Å². The van der Waals surface area contributed by atoms with Gasteiger partial charge in [0.1, 0.15) is 6.04 Å². The molecule has 110 valence electrons. The number of nitrogens with two attached hydrogens (primary N) is 1. The van der Waals surface area contributed by atoms with E-state index in [4.69, 9.17) is 11.6 Å². The maximum absolute atomic E-state index is 11.9. The quantitative estimate of drug-likeness (QED) is 0.724. The molecule has 0 fully saturated rings. The molecular formula is C16H17ClIN2O+. The van der Waals surface area contributed by atoms with Crippen molar-refractivity contribution in [3.8, 4) is 0 Å². The van der Waals surface area contributed by atoms with Crippen LogP contribution in [0.5, 0.6) is 0 Å². The van der Waals surface area contributed by atoms with Gasteiger partial charge < -0.3 is 10.6 Å². The van der Waals surface area contributed by atoms with Gasteiger partial charge >= 0.3 is 0 Å². The highest BCUT2D eigenvalue weighted by atomic mass is 127. The molecule has 0 aromatic heterocycles. The first kappa shape index (κ1) is 16.3. The Morgan fingerprint density at radius 1 is 1.29 bits per heavy atom. The molecule has 1 amide bonds. The number of amides is 1. The molecule has 0 saturated carbocycles. The van der Waals surface area contributed by atoms with Crippen molar-refractivity contribution in [3.05, 3.63) is 62.7 Å². The minimum Gasteiger partial charge on any atom is -0.333 e. The molecular weight excluding hydrogens is 399 g/mol. The number of benzene rings is 2. The highest BCUT2D eigenvalue weighted by Crippen LogP contribution is 2.14. The normalized spacial score (nSPS) is 12.0. The van der Waals surface area contributed by atoms with Crippen molar-refractivity contribution in [1.29, 1.82) is 0 Å². The highest BCUT2D eigenvalue weighted by molar-refractivity contribution is 14.1. The van der Waals surface area contributed by atoms with Crippen LogP contribution in [0.1, 0.15) is 18.5 Å². The lowest BCUT2D eigenvalue weighted by Gasteiger charge is -2.11. The van der Waals surface area contributed by atoms with Gasteiger partial charge in [0.15, 0.2) is 6.54 Å². The van der Waals surface area contributed by atoms with Crippen LogP contribution in [0.4, 0.5) is 5.69 Å². The first-order chi connectivity index (χ1) is 10.0. The van der Waals surface area contributed by atoms with E-state index in [2.05, 4.69) is 34.8 Å². The topological polar surface area (TPSA) is 45.7 Å². The second kappa shape index (κ2) is 7.77. The molecule has 1 atom stereocenters. The predicted molar refractivity (Wildman–Crippen MR) is 94.4 cm³/mol. The van der Waals surface area contributed by atoms with Crippen molar-refractivity contribution in [3.63, 3.8) is 0 Å². The standard InChI is InChI=1S/C16H16ClIN2O/c1-11(12-5-7-13(17)8-6-12)19-10-16(21)20-15-4-2-3-14(18)9-15/h2-9,11,19H,10H2,1H3,(H,20,21)/p+1/t11-/m1/s1. The zero-order valence-corrected chi connectivity index (χ0v) is 14.6. The van der Waals surface area contributed by atoms with Crippen molar-refractivity contribution in [2.75, 3.05) is 11.9 Å². The van der Waals surface area contributed by atoms with Crippen molar-refractivity contribution in [2.45, 2.75) is 13.0 Å². The van der Waals surface area contributed by atoms with Crippen LogP contribution in [0.25, 0.3) is 0 Å². The molecule has 0 unspecified atom stereocenters. The van der Waals surface area contributed by atoms with Gasteiger partial charge in [-0.1, -0.05) is 29.8 Å². The minimum absolute atomic E-state index is 0.00202. The molecule has 0 aliphatic rings. The molecule has 0 heterocycles. The third kappa shape index (κ3) is 5.30. The third-order valence-corrected chi connectivity index (χ3v) is 4.08. The molecule has 5 heteroatoms. The van der Waals surface area contributed by atoms with E-state index in [1.165, 1.54) is 0 Å². The summed E-state index contributed by atoms with van der Waals surface area (Å²) in [5.41, 5.74) is 1.99. The summed E-state index contributed by atoms with van der Waals surface area (Å²) in [6.07, 6.45) is 0. The van der Waals surface area contributed by atoms with Crippen LogP contribution in [0, 0.1) is 3.57 Å². The molecule has 0 aliphatic carbocycles. The fraction of sp³-hybridized carbons (Fsp3) is 0.188. The van der Waals surface area contributed by atoms with Gasteiger partial charge in [-0.3, -0.25) is 4.79 Å². The molecule has 0 radical (unpaired) electrons. The fourth-order valence-corrected chi connectivity index (χ4v) is 2.63. The van der Waals surface area contributed by atoms with Gasteiger partial charge in [0.25, 0.3) is 5.91 Å². The Morgan fingerprint density at radius 2 is 2.00 bits per heavy atom. The third-order valence-electron chi connectivity index (χ3n) is 3.16. The summed E-state index contributed by atoms with van der Waals surface area (Å²) in [5.74, 6) is -0.00202. The number of rotatable bonds is 5. The zero-order valence-electron chi connectivity index (χ0n) is 11.6. The molecule has 2 aromatic rings. The second-order valence-electron chi connectivity index (χ2n) is 4.84. The Balaban J connectivity index is 1.84. The van der Waals surface area contributed by atoms with Crippen LogP contribution in [-0.2, 0) is 4.79 Å². The number of carbonyl (C=O) groups is 1. The monoisotopic (exact) mass is 415 g/mol. The summed E-state index contributed by atoms with van der Waals surface area (Å²) >= 11 is 8.10. The van der Waals surface area contributed by atoms with Crippen molar-refractivity contribution in [1.82, 2.24) is 0 Å². The Morgan fingerprint density at radius 3 is 2.67 bits per heavy atom. The van der Waals surface area contributed by atoms with Crippen LogP contribution in [-0.4, -0.2) is 12.5 Å². The Bertz CT molecular complexity index is 616. The molecule has 2 rings (SSSR count). The summed E-state index contributed by atoms with van der Waals surface area (Å²) < 4.78 is 1.10. The second-order valence-corrected chi connectivity index (χ2v) is 6.52. The lowest BCUT2D eigenvalue weighted by Crippen LogP contribution is -2.86. The number of carbonyl (C=O) groups excluding carboxylic acids is 1. The number of nitrogens with one attached hydrogen (secondary N) is 1. The molecule has 0 aliphatic heterocycles. The maximum Gasteiger partial charge on any atom is 0.279 e. The van der Waals surface area contributed by atoms with Gasteiger partial charge in [-0.05, 0) is 59.8 Å². The number of hydrogen-bond donors (Lipinski definition) is 2. The van der Waals surface area contributed by atoms with Gasteiger partial charge in [-0.25, -0.2) is 0 Å². The Labute approximate surface area is 143 Å². The molecule has 21 heavy (non-hydrogen) atoms. The average molecular weight is 416 g/mol. The average Bonchev–Trinajstić information content (AvgIpc) is 2.45. The summed E-state index contributed by atoms with van der Waals surface area (Å²) in [4.78, 5) is 11.9. The molecule has 3 N–H and O–H groups in total. The van der Waals surface area contributed by atoms with Crippen LogP contribution in [0.2, 0.25) is 5.02 Å². The van der Waals surface area contributed by atoms with Crippen molar-refractivity contribution < 1.29 is 10.1 Å². The lowest BCUT2D eigenvalue weighted by molar-refractivity contribution is -0.682. The lowest BCUT2D eigenvalue weighted by atomic mass is 10.1. The number of hydrogen-bond acceptors (Lipinski definition) is 1. The summed E-state index contributed by atoms with van der Waals surface area (Å²) in [6, 6.07) is 15.7. The van der Waals surface area contributed by atoms with Crippen LogP contribution < -0.4 is 10.6 Å². The Kier molecular flexibility index (Phi) is 6.02. The van der Waals surface area contributed by atoms with E-state index in [9.17, 15) is 4.79 Å². The van der Waals surface area contributed by atoms with Gasteiger partial charge in [0.2, 0.25) is 0 Å². The van der Waals surface area contributed by atoms with Gasteiger partial charge in [-0.2, -0.15) is 0 Å². The van der Waals surface area contributed by atoms with Gasteiger partial charge in [0.05, 0.1) is 0 Å². The van der Waals surface area contributed by atoms with Crippen molar-refractivity contribution >= 4 is 45.8 Å². The van der Waals surface area contributed by atoms with E-state index in [0.717, 1.165) is 19.8 Å². The molecule has 0 bridgehead atoms. The smallest absolute Gasteiger partial charge is 0.279 e. The van der Waals surface area contributed by atoms with Crippen LogP contribution >= 0.6 is 34.2 Å². The molecule has 3 nitrogen and oxygen atoms in total. The van der Waals surface area contributed by atoms with Crippen LogP contribution in [0.15, 0.2) is 48.5 Å². The van der Waals surface area contributed by atoms with Gasteiger partial charge in [0, 0.05) is 19.8 Å². The number of anilines is 1. The van der Waals surface area contributed by atoms with Gasteiger partial charge in [-0.15, -0.1) is 0 Å². The Hall–Kier alpha value is -1.11. The number of halogens is 2. The molecule has 2 aromatic carbocycles. The summed E-state index contributed by atoms with van der Waals surface area (Å²) in [7, 11) is 0. The zero-order chi connectivity index (χ0) is 15.2. The maximum atomic E-state index is 11.9. The first-order valence-corrected chi connectivity index (χ1v) is 8.14. The largest absolute Gasteiger partial charge is 0.333 e. The summed E-state index contributed by atoms with van der Waals surface area (Å²) in [5, 5.41) is 5.63. The predicted octanol–water partition coefficient (Wildman–Crippen LogP) is 3.21. The fourth-order valence-electron chi connectivity index (χ4n) is 1.96. The van der Waals surface area contributed by atoms with Crippen molar-refractivity contribution in [2.24, 2.45) is 0 Å². The number of quaternary nitrogens is 1. The molecule has 0 saturated heterocycles. The van der Waals surface area contributed by atoms with E-state index in [1.807, 2.05) is 53.8 Å². The summed E-state index contributed by atoms with van der Waals surface area (Å²) in [6.45, 7) is 2.46. The molecule has 0 spiro atoms. The first-order valence-electron chi connectivity index (χ1n) is 6.69. The van der Waals surface area contributed by atoms with E-state index in [1.54, 1.807) is 0 Å². The highest BCUT2D eigenvalue weighted by Gasteiger charge is 2.11. The SMILES string of the molecule is C[C@@H]([NH2+]CC(=O)Nc1cccc(I)c1)c1ccc(Cl)cc1. The van der Waals surface area contributed by atoms with Crippen LogP contribution in [0.3, 0.4) is 0 Å².